The van der Waals surface area contributed by atoms with Gasteiger partial charge in [-0.25, -0.2) is 0 Å². The van der Waals surface area contributed by atoms with E-state index >= 15 is 0 Å². The molecule has 0 spiro atoms. The molecule has 3 heterocycles. The van der Waals surface area contributed by atoms with Gasteiger partial charge >= 0.3 is 12.1 Å². The third-order valence-electron chi connectivity index (χ3n) is 4.50. The van der Waals surface area contributed by atoms with Crippen molar-refractivity contribution >= 4 is 34.7 Å². The van der Waals surface area contributed by atoms with Gasteiger partial charge in [-0.15, -0.1) is 10.2 Å². The molecule has 0 radical (unpaired) electrons. The molecular formula is C17H13Cl2F3N6O. The smallest absolute Gasteiger partial charge is 0.365 e. The molecule has 1 N–H and O–H groups in total. The molecule has 0 amide bonds. The maximum Gasteiger partial charge on any atom is 0.471 e. The molecule has 29 heavy (non-hydrogen) atoms. The van der Waals surface area contributed by atoms with E-state index < -0.39 is 12.1 Å². The van der Waals surface area contributed by atoms with Crippen LogP contribution in [0.15, 0.2) is 28.8 Å². The van der Waals surface area contributed by atoms with E-state index in [0.29, 0.717) is 34.6 Å². The summed E-state index contributed by atoms with van der Waals surface area (Å²) in [6, 6.07) is 6.57. The normalized spacial score (nSPS) is 15.0. The number of halogens is 5. The second-order valence-electron chi connectivity index (χ2n) is 6.35. The molecule has 12 heteroatoms. The van der Waals surface area contributed by atoms with Crippen LogP contribution in [0.5, 0.6) is 0 Å². The van der Waals surface area contributed by atoms with Gasteiger partial charge in [-0.2, -0.15) is 18.2 Å². The van der Waals surface area contributed by atoms with Gasteiger partial charge in [0.15, 0.2) is 5.82 Å². The summed E-state index contributed by atoms with van der Waals surface area (Å²) >= 11 is 12.5. The van der Waals surface area contributed by atoms with E-state index in [0.717, 1.165) is 5.56 Å². The molecule has 0 fully saturated rings. The number of nitrogens with zero attached hydrogens (tertiary/aromatic N) is 5. The Hall–Kier alpha value is -2.59. The number of alkyl halides is 3. The number of hydrogen-bond donors (Lipinski definition) is 1. The zero-order valence-corrected chi connectivity index (χ0v) is 16.3. The maximum atomic E-state index is 12.7. The van der Waals surface area contributed by atoms with Crippen LogP contribution in [-0.4, -0.2) is 33.4 Å². The first-order chi connectivity index (χ1) is 13.7. The zero-order valence-electron chi connectivity index (χ0n) is 14.8. The molecule has 0 unspecified atom stereocenters. The summed E-state index contributed by atoms with van der Waals surface area (Å²) in [7, 11) is 0. The highest BCUT2D eigenvalue weighted by atomic mass is 35.5. The van der Waals surface area contributed by atoms with Crippen LogP contribution >= 0.6 is 23.2 Å². The van der Waals surface area contributed by atoms with Crippen molar-refractivity contribution < 1.29 is 17.7 Å². The lowest BCUT2D eigenvalue weighted by Gasteiger charge is -2.36. The number of rotatable bonds is 3. The van der Waals surface area contributed by atoms with Crippen LogP contribution in [0.3, 0.4) is 0 Å². The number of aromatic nitrogens is 4. The van der Waals surface area contributed by atoms with E-state index in [1.54, 1.807) is 24.3 Å². The van der Waals surface area contributed by atoms with Gasteiger partial charge in [0.2, 0.25) is 5.82 Å². The molecule has 1 aliphatic rings. The summed E-state index contributed by atoms with van der Waals surface area (Å²) in [5.41, 5.74) is 1.49. The van der Waals surface area contributed by atoms with Gasteiger partial charge in [-0.1, -0.05) is 28.4 Å². The lowest BCUT2D eigenvalue weighted by molar-refractivity contribution is -0.159. The lowest BCUT2D eigenvalue weighted by Crippen LogP contribution is -2.36. The largest absolute Gasteiger partial charge is 0.471 e. The van der Waals surface area contributed by atoms with Crippen molar-refractivity contribution in [2.45, 2.75) is 19.1 Å². The van der Waals surface area contributed by atoms with Crippen LogP contribution in [0, 0.1) is 0 Å². The molecule has 0 saturated carbocycles. The monoisotopic (exact) mass is 444 g/mol. The van der Waals surface area contributed by atoms with Crippen LogP contribution < -0.4 is 10.2 Å². The van der Waals surface area contributed by atoms with Crippen molar-refractivity contribution in [2.75, 3.05) is 23.3 Å². The number of nitrogens with one attached hydrogen (secondary N) is 1. The summed E-state index contributed by atoms with van der Waals surface area (Å²) in [4.78, 5) is 5.38. The van der Waals surface area contributed by atoms with Crippen molar-refractivity contribution in [1.29, 1.82) is 0 Å². The summed E-state index contributed by atoms with van der Waals surface area (Å²) in [5.74, 6) is -1.25. The average Bonchev–Trinajstić information content (AvgIpc) is 3.19. The molecule has 0 bridgehead atoms. The van der Waals surface area contributed by atoms with E-state index in [9.17, 15) is 13.2 Å². The molecule has 7 nitrogen and oxygen atoms in total. The molecule has 3 aromatic rings. The molecule has 152 valence electrons. The van der Waals surface area contributed by atoms with Crippen molar-refractivity contribution in [1.82, 2.24) is 20.3 Å². The molecule has 0 aliphatic carbocycles. The van der Waals surface area contributed by atoms with Crippen molar-refractivity contribution in [2.24, 2.45) is 0 Å². The fourth-order valence-electron chi connectivity index (χ4n) is 3.10. The first-order valence-corrected chi connectivity index (χ1v) is 9.24. The fraction of sp³-hybridized carbons (Fsp3) is 0.294. The highest BCUT2D eigenvalue weighted by Gasteiger charge is 2.39. The van der Waals surface area contributed by atoms with Gasteiger partial charge in [-0.05, 0) is 36.8 Å². The third kappa shape index (κ3) is 3.82. The Kier molecular flexibility index (Phi) is 4.99. The predicted octanol–water partition coefficient (Wildman–Crippen LogP) is 4.85. The van der Waals surface area contributed by atoms with Crippen LogP contribution in [0.4, 0.5) is 24.7 Å². The summed E-state index contributed by atoms with van der Waals surface area (Å²) in [6.45, 7) is 3.15. The van der Waals surface area contributed by atoms with Crippen LogP contribution in [0.1, 0.15) is 24.4 Å². The fourth-order valence-corrected chi connectivity index (χ4v) is 3.55. The van der Waals surface area contributed by atoms with E-state index in [-0.39, 0.29) is 17.6 Å². The average molecular weight is 445 g/mol. The Labute approximate surface area is 172 Å². The Bertz CT molecular complexity index is 1060. The third-order valence-corrected chi connectivity index (χ3v) is 5.08. The maximum absolute atomic E-state index is 12.7. The van der Waals surface area contributed by atoms with Gasteiger partial charge in [0.25, 0.3) is 0 Å². The lowest BCUT2D eigenvalue weighted by atomic mass is 10.0. The molecule has 1 aromatic carbocycles. The molecule has 0 saturated heterocycles. The van der Waals surface area contributed by atoms with Crippen LogP contribution in [0.2, 0.25) is 10.0 Å². The zero-order chi connectivity index (χ0) is 20.8. The standard InChI is InChI=1S/C17H13Cl2F3N6O/c1-8(10-6-9(18)2-3-11(10)19)28-5-4-23-15-13(28)7-12(25-26-15)14-24-16(29-27-14)17(20,21)22/h2-3,6-8H,4-5H2,1H3,(H,23,26)/t8-/m1/s1. The van der Waals surface area contributed by atoms with Crippen LogP contribution in [0.25, 0.3) is 11.5 Å². The number of anilines is 2. The van der Waals surface area contributed by atoms with E-state index in [1.165, 1.54) is 0 Å². The van der Waals surface area contributed by atoms with Crippen molar-refractivity contribution in [3.63, 3.8) is 0 Å². The number of hydrogen-bond acceptors (Lipinski definition) is 7. The molecular weight excluding hydrogens is 432 g/mol. The second-order valence-corrected chi connectivity index (χ2v) is 7.19. The molecule has 1 atom stereocenters. The molecule has 2 aromatic heterocycles. The van der Waals surface area contributed by atoms with Gasteiger partial charge in [0.1, 0.15) is 5.69 Å². The Balaban J connectivity index is 1.72. The quantitative estimate of drug-likeness (QED) is 0.618. The Morgan fingerprint density at radius 1 is 1.21 bits per heavy atom. The van der Waals surface area contributed by atoms with E-state index in [2.05, 4.69) is 30.2 Å². The first kappa shape index (κ1) is 19.7. The minimum Gasteiger partial charge on any atom is -0.365 e. The summed E-state index contributed by atoms with van der Waals surface area (Å²) < 4.78 is 42.5. The van der Waals surface area contributed by atoms with Crippen molar-refractivity contribution in [3.8, 4) is 11.5 Å². The minimum absolute atomic E-state index is 0.0566. The Morgan fingerprint density at radius 3 is 2.72 bits per heavy atom. The van der Waals surface area contributed by atoms with Gasteiger partial charge in [0.05, 0.1) is 11.7 Å². The molecule has 1 aliphatic heterocycles. The SMILES string of the molecule is C[C@H](c1cc(Cl)ccc1Cl)N1CCNc2nnc(-c3noc(C(F)(F)F)n3)cc21. The van der Waals surface area contributed by atoms with Gasteiger partial charge in [0, 0.05) is 23.1 Å². The predicted molar refractivity (Wildman–Crippen MR) is 101 cm³/mol. The highest BCUT2D eigenvalue weighted by molar-refractivity contribution is 6.33. The first-order valence-electron chi connectivity index (χ1n) is 8.48. The van der Waals surface area contributed by atoms with E-state index in [1.807, 2.05) is 11.8 Å². The number of benzene rings is 1. The Morgan fingerprint density at radius 2 is 2.00 bits per heavy atom. The summed E-state index contributed by atoms with van der Waals surface area (Å²) in [5, 5.41) is 15.6. The van der Waals surface area contributed by atoms with Gasteiger partial charge < -0.3 is 14.7 Å². The van der Waals surface area contributed by atoms with E-state index in [4.69, 9.17) is 23.2 Å². The minimum atomic E-state index is -4.74. The number of fused-ring (bicyclic) bond motifs is 1. The second kappa shape index (κ2) is 7.34. The molecule has 4 rings (SSSR count). The summed E-state index contributed by atoms with van der Waals surface area (Å²) in [6.07, 6.45) is -4.74. The van der Waals surface area contributed by atoms with Gasteiger partial charge in [-0.3, -0.25) is 0 Å². The highest BCUT2D eigenvalue weighted by Crippen LogP contribution is 2.38. The van der Waals surface area contributed by atoms with Crippen molar-refractivity contribution in [3.05, 3.63) is 45.8 Å². The van der Waals surface area contributed by atoms with Crippen LogP contribution in [-0.2, 0) is 6.18 Å². The topological polar surface area (TPSA) is 80.0 Å².